The topological polar surface area (TPSA) is 38.3 Å². The Labute approximate surface area is 114 Å². The van der Waals surface area contributed by atoms with E-state index in [0.29, 0.717) is 6.54 Å². The molecule has 0 bridgehead atoms. The van der Waals surface area contributed by atoms with Crippen molar-refractivity contribution in [1.29, 1.82) is 0 Å². The molecular formula is C14H12BrNO2. The van der Waals surface area contributed by atoms with Gasteiger partial charge in [-0.05, 0) is 29.8 Å². The molecule has 0 unspecified atom stereocenters. The third-order valence-corrected chi connectivity index (χ3v) is 2.61. The normalized spacial score (nSPS) is 9.83. The lowest BCUT2D eigenvalue weighted by Crippen LogP contribution is -2.14. The summed E-state index contributed by atoms with van der Waals surface area (Å²) < 4.78 is 5.66. The Morgan fingerprint density at radius 1 is 1.00 bits per heavy atom. The van der Waals surface area contributed by atoms with Crippen LogP contribution in [0.4, 0.5) is 4.79 Å². The highest BCUT2D eigenvalue weighted by atomic mass is 79.9. The highest BCUT2D eigenvalue weighted by Gasteiger charge is 1.98. The molecule has 0 saturated carbocycles. The number of hydrogen-bond acceptors (Lipinski definition) is 2. The standard InChI is InChI=1S/C14H12BrNO2/c15-14(17)16-10-11-6-8-13(9-7-11)18-12-4-2-1-3-5-12/h1-9H,10H2,(H,16,17). The highest BCUT2D eigenvalue weighted by molar-refractivity contribution is 9.18. The van der Waals surface area contributed by atoms with E-state index in [0.717, 1.165) is 17.1 Å². The van der Waals surface area contributed by atoms with Crippen LogP contribution in [0.2, 0.25) is 0 Å². The first kappa shape index (κ1) is 12.6. The zero-order chi connectivity index (χ0) is 12.8. The smallest absolute Gasteiger partial charge is 0.287 e. The van der Waals surface area contributed by atoms with Crippen molar-refractivity contribution in [1.82, 2.24) is 5.32 Å². The van der Waals surface area contributed by atoms with Gasteiger partial charge < -0.3 is 10.1 Å². The van der Waals surface area contributed by atoms with Crippen molar-refractivity contribution in [2.24, 2.45) is 0 Å². The van der Waals surface area contributed by atoms with Crippen molar-refractivity contribution in [2.45, 2.75) is 6.54 Å². The molecule has 0 aliphatic heterocycles. The number of halogens is 1. The van der Waals surface area contributed by atoms with Gasteiger partial charge >= 0.3 is 0 Å². The summed E-state index contributed by atoms with van der Waals surface area (Å²) in [4.78, 5) is 10.5. The average molecular weight is 306 g/mol. The third-order valence-electron chi connectivity index (χ3n) is 2.33. The quantitative estimate of drug-likeness (QED) is 0.682. The van der Waals surface area contributed by atoms with E-state index in [2.05, 4.69) is 21.2 Å². The first-order valence-electron chi connectivity index (χ1n) is 5.49. The van der Waals surface area contributed by atoms with Gasteiger partial charge in [0.2, 0.25) is 0 Å². The number of carbonyl (C=O) groups is 1. The second-order valence-electron chi connectivity index (χ2n) is 3.69. The molecule has 2 aromatic carbocycles. The van der Waals surface area contributed by atoms with Crippen molar-refractivity contribution in [2.75, 3.05) is 0 Å². The Bertz CT molecular complexity index is 511. The summed E-state index contributed by atoms with van der Waals surface area (Å²) in [5, 5.41) is 2.67. The van der Waals surface area contributed by atoms with E-state index in [1.807, 2.05) is 54.6 Å². The molecule has 18 heavy (non-hydrogen) atoms. The molecule has 0 spiro atoms. The SMILES string of the molecule is O=C(Br)NCc1ccc(Oc2ccccc2)cc1. The van der Waals surface area contributed by atoms with Gasteiger partial charge in [0.1, 0.15) is 11.5 Å². The lowest BCUT2D eigenvalue weighted by molar-refractivity contribution is 0.261. The van der Waals surface area contributed by atoms with E-state index >= 15 is 0 Å². The number of rotatable bonds is 4. The molecule has 0 radical (unpaired) electrons. The molecule has 1 N–H and O–H groups in total. The molecule has 0 fully saturated rings. The molecule has 3 nitrogen and oxygen atoms in total. The fourth-order valence-electron chi connectivity index (χ4n) is 1.47. The zero-order valence-electron chi connectivity index (χ0n) is 9.60. The largest absolute Gasteiger partial charge is 0.457 e. The Morgan fingerprint density at radius 2 is 1.61 bits per heavy atom. The number of nitrogens with one attached hydrogen (secondary N) is 1. The van der Waals surface area contributed by atoms with E-state index in [1.54, 1.807) is 0 Å². The van der Waals surface area contributed by atoms with Crippen LogP contribution in [0, 0.1) is 0 Å². The predicted molar refractivity (Wildman–Crippen MR) is 74.1 cm³/mol. The number of ether oxygens (including phenoxy) is 1. The molecule has 2 rings (SSSR count). The minimum absolute atomic E-state index is 0.216. The lowest BCUT2D eigenvalue weighted by atomic mass is 10.2. The monoisotopic (exact) mass is 305 g/mol. The molecule has 4 heteroatoms. The molecule has 0 heterocycles. The maximum atomic E-state index is 10.7. The number of hydrogen-bond donors (Lipinski definition) is 1. The summed E-state index contributed by atoms with van der Waals surface area (Å²) >= 11 is 2.82. The summed E-state index contributed by atoms with van der Waals surface area (Å²) in [5.74, 6) is 1.58. The minimum Gasteiger partial charge on any atom is -0.457 e. The van der Waals surface area contributed by atoms with Crippen molar-refractivity contribution in [3.63, 3.8) is 0 Å². The van der Waals surface area contributed by atoms with Gasteiger partial charge in [0.25, 0.3) is 4.82 Å². The van der Waals surface area contributed by atoms with Crippen LogP contribution in [0.3, 0.4) is 0 Å². The van der Waals surface area contributed by atoms with E-state index in [1.165, 1.54) is 0 Å². The Balaban J connectivity index is 1.97. The van der Waals surface area contributed by atoms with Crippen LogP contribution < -0.4 is 10.1 Å². The van der Waals surface area contributed by atoms with E-state index < -0.39 is 0 Å². The van der Waals surface area contributed by atoms with Crippen molar-refractivity contribution in [3.05, 3.63) is 60.2 Å². The van der Waals surface area contributed by atoms with Crippen LogP contribution in [0.1, 0.15) is 5.56 Å². The van der Waals surface area contributed by atoms with E-state index in [4.69, 9.17) is 4.74 Å². The van der Waals surface area contributed by atoms with Gasteiger partial charge in [-0.2, -0.15) is 0 Å². The van der Waals surface area contributed by atoms with E-state index in [-0.39, 0.29) is 4.82 Å². The summed E-state index contributed by atoms with van der Waals surface area (Å²) in [6.07, 6.45) is 0. The first-order valence-corrected chi connectivity index (χ1v) is 6.28. The van der Waals surface area contributed by atoms with E-state index in [9.17, 15) is 4.79 Å². The van der Waals surface area contributed by atoms with Gasteiger partial charge in [0, 0.05) is 22.5 Å². The fourth-order valence-corrected chi connectivity index (χ4v) is 1.61. The number of benzene rings is 2. The molecule has 92 valence electrons. The second-order valence-corrected chi connectivity index (χ2v) is 4.41. The average Bonchev–Trinajstić information content (AvgIpc) is 2.39. The van der Waals surface area contributed by atoms with Gasteiger partial charge in [-0.1, -0.05) is 30.3 Å². The molecule has 0 saturated heterocycles. The number of para-hydroxylation sites is 1. The van der Waals surface area contributed by atoms with Crippen LogP contribution in [-0.4, -0.2) is 4.82 Å². The predicted octanol–water partition coefficient (Wildman–Crippen LogP) is 4.08. The van der Waals surface area contributed by atoms with Gasteiger partial charge in [0.15, 0.2) is 0 Å². The fraction of sp³-hybridized carbons (Fsp3) is 0.0714. The minimum atomic E-state index is -0.216. The molecule has 0 aliphatic carbocycles. The van der Waals surface area contributed by atoms with Gasteiger partial charge in [0.05, 0.1) is 0 Å². The zero-order valence-corrected chi connectivity index (χ0v) is 11.2. The first-order chi connectivity index (χ1) is 8.74. The molecule has 2 aromatic rings. The van der Waals surface area contributed by atoms with Crippen molar-refractivity contribution < 1.29 is 9.53 Å². The second kappa shape index (κ2) is 6.21. The van der Waals surface area contributed by atoms with Gasteiger partial charge in [-0.3, -0.25) is 4.79 Å². The Hall–Kier alpha value is -1.81. The lowest BCUT2D eigenvalue weighted by Gasteiger charge is -2.06. The van der Waals surface area contributed by atoms with Gasteiger partial charge in [-0.25, -0.2) is 0 Å². The van der Waals surface area contributed by atoms with Crippen LogP contribution in [0.25, 0.3) is 0 Å². The Morgan fingerprint density at radius 3 is 2.22 bits per heavy atom. The molecular weight excluding hydrogens is 294 g/mol. The third kappa shape index (κ3) is 3.89. The maximum absolute atomic E-state index is 10.7. The van der Waals surface area contributed by atoms with Crippen LogP contribution >= 0.6 is 15.9 Å². The summed E-state index contributed by atoms with van der Waals surface area (Å²) in [5.41, 5.74) is 1.02. The molecule has 0 aromatic heterocycles. The number of amides is 1. The van der Waals surface area contributed by atoms with Crippen molar-refractivity contribution in [3.8, 4) is 11.5 Å². The highest BCUT2D eigenvalue weighted by Crippen LogP contribution is 2.20. The molecule has 0 aliphatic rings. The summed E-state index contributed by atoms with van der Waals surface area (Å²) in [6.45, 7) is 0.496. The molecule has 0 atom stereocenters. The molecule has 1 amide bonds. The summed E-state index contributed by atoms with van der Waals surface area (Å²) in [7, 11) is 0. The Kier molecular flexibility index (Phi) is 4.36. The van der Waals surface area contributed by atoms with Gasteiger partial charge in [-0.15, -0.1) is 0 Å². The van der Waals surface area contributed by atoms with Crippen LogP contribution in [0.5, 0.6) is 11.5 Å². The number of carbonyl (C=O) groups excluding carboxylic acids is 1. The summed E-state index contributed by atoms with van der Waals surface area (Å²) in [6, 6.07) is 17.2. The maximum Gasteiger partial charge on any atom is 0.287 e. The van der Waals surface area contributed by atoms with Crippen molar-refractivity contribution >= 4 is 20.7 Å². The van der Waals surface area contributed by atoms with Crippen LogP contribution in [0.15, 0.2) is 54.6 Å². The van der Waals surface area contributed by atoms with Crippen LogP contribution in [-0.2, 0) is 6.54 Å².